The first-order chi connectivity index (χ1) is 6.48. The highest BCUT2D eigenvalue weighted by atomic mass is 15.1. The molecule has 2 aromatic rings. The fourth-order valence-corrected chi connectivity index (χ4v) is 1.57. The van der Waals surface area contributed by atoms with Gasteiger partial charge in [-0.1, -0.05) is 20.8 Å². The van der Waals surface area contributed by atoms with Gasteiger partial charge in [-0.2, -0.15) is 0 Å². The summed E-state index contributed by atoms with van der Waals surface area (Å²) in [5.74, 6) is 1.06. The summed E-state index contributed by atoms with van der Waals surface area (Å²) in [5, 5.41) is 0. The van der Waals surface area contributed by atoms with Crippen molar-refractivity contribution >= 4 is 5.65 Å². The molecule has 0 amide bonds. The van der Waals surface area contributed by atoms with Gasteiger partial charge in [0.15, 0.2) is 0 Å². The van der Waals surface area contributed by atoms with Crippen LogP contribution in [0.2, 0.25) is 0 Å². The van der Waals surface area contributed by atoms with E-state index in [1.54, 1.807) is 0 Å². The molecule has 0 fully saturated rings. The highest BCUT2D eigenvalue weighted by molar-refractivity contribution is 5.40. The molecule has 0 N–H and O–H groups in total. The van der Waals surface area contributed by atoms with Crippen LogP contribution in [0.4, 0.5) is 0 Å². The third kappa shape index (κ3) is 1.39. The first-order valence-electron chi connectivity index (χ1n) is 4.80. The largest absolute Gasteiger partial charge is 0.287 e. The highest BCUT2D eigenvalue weighted by Gasteiger charge is 2.19. The summed E-state index contributed by atoms with van der Waals surface area (Å²) in [5.41, 5.74) is 2.04. The van der Waals surface area contributed by atoms with Crippen LogP contribution < -0.4 is 0 Å². The fourth-order valence-electron chi connectivity index (χ4n) is 1.57. The van der Waals surface area contributed by atoms with E-state index in [1.165, 1.54) is 0 Å². The summed E-state index contributed by atoms with van der Waals surface area (Å²) in [6.45, 7) is 8.49. The number of nitrogens with zero attached hydrogens (tertiary/aromatic N) is 3. The zero-order chi connectivity index (χ0) is 10.3. The molecular weight excluding hydrogens is 174 g/mol. The number of fused-ring (bicyclic) bond motifs is 1. The fraction of sp³-hybridized carbons (Fsp3) is 0.455. The molecule has 0 saturated carbocycles. The van der Waals surface area contributed by atoms with Gasteiger partial charge in [-0.3, -0.25) is 4.40 Å². The van der Waals surface area contributed by atoms with Crippen molar-refractivity contribution in [1.82, 2.24) is 14.4 Å². The van der Waals surface area contributed by atoms with E-state index in [-0.39, 0.29) is 5.41 Å². The summed E-state index contributed by atoms with van der Waals surface area (Å²) >= 11 is 0. The van der Waals surface area contributed by atoms with Gasteiger partial charge < -0.3 is 0 Å². The standard InChI is InChI=1S/C11H15N3/c1-8-7-9-12-5-6-14(9)10(13-8)11(2,3)4/h5-7H,1-4H3. The Labute approximate surface area is 83.8 Å². The lowest BCUT2D eigenvalue weighted by Gasteiger charge is -2.19. The third-order valence-electron chi connectivity index (χ3n) is 2.19. The van der Waals surface area contributed by atoms with E-state index in [4.69, 9.17) is 0 Å². The maximum absolute atomic E-state index is 4.57. The maximum atomic E-state index is 4.57. The molecule has 0 radical (unpaired) electrons. The van der Waals surface area contributed by atoms with E-state index in [1.807, 2.05) is 29.8 Å². The van der Waals surface area contributed by atoms with Crippen LogP contribution in [0.25, 0.3) is 5.65 Å². The van der Waals surface area contributed by atoms with Gasteiger partial charge in [0.25, 0.3) is 0 Å². The molecule has 0 bridgehead atoms. The molecule has 0 aliphatic rings. The molecule has 0 unspecified atom stereocenters. The Hall–Kier alpha value is -1.38. The first-order valence-corrected chi connectivity index (χ1v) is 4.80. The van der Waals surface area contributed by atoms with Gasteiger partial charge in [-0.05, 0) is 6.92 Å². The summed E-state index contributed by atoms with van der Waals surface area (Å²) in [6.07, 6.45) is 3.77. The van der Waals surface area contributed by atoms with Crippen molar-refractivity contribution in [3.05, 3.63) is 30.0 Å². The molecule has 3 nitrogen and oxygen atoms in total. The minimum Gasteiger partial charge on any atom is -0.287 e. The second kappa shape index (κ2) is 2.80. The van der Waals surface area contributed by atoms with Crippen molar-refractivity contribution in [3.63, 3.8) is 0 Å². The van der Waals surface area contributed by atoms with Gasteiger partial charge in [0.05, 0.1) is 0 Å². The first kappa shape index (κ1) is 9.19. The van der Waals surface area contributed by atoms with Crippen LogP contribution in [0.15, 0.2) is 18.5 Å². The number of rotatable bonds is 0. The van der Waals surface area contributed by atoms with E-state index < -0.39 is 0 Å². The summed E-state index contributed by atoms with van der Waals surface area (Å²) in [6, 6.07) is 2.00. The van der Waals surface area contributed by atoms with Crippen LogP contribution in [0.3, 0.4) is 0 Å². The average molecular weight is 189 g/mol. The van der Waals surface area contributed by atoms with Crippen LogP contribution >= 0.6 is 0 Å². The number of aryl methyl sites for hydroxylation is 1. The second-order valence-corrected chi connectivity index (χ2v) is 4.63. The molecular formula is C11H15N3. The Morgan fingerprint density at radius 3 is 2.64 bits per heavy atom. The van der Waals surface area contributed by atoms with Gasteiger partial charge in [-0.15, -0.1) is 0 Å². The van der Waals surface area contributed by atoms with Gasteiger partial charge >= 0.3 is 0 Å². The summed E-state index contributed by atoms with van der Waals surface area (Å²) < 4.78 is 2.05. The predicted molar refractivity (Wildman–Crippen MR) is 56.4 cm³/mol. The van der Waals surface area contributed by atoms with Gasteiger partial charge in [0.2, 0.25) is 0 Å². The quantitative estimate of drug-likeness (QED) is 0.636. The number of aromatic nitrogens is 3. The predicted octanol–water partition coefficient (Wildman–Crippen LogP) is 2.34. The van der Waals surface area contributed by atoms with Gasteiger partial charge in [0, 0.05) is 29.6 Å². The molecule has 0 aromatic carbocycles. The lowest BCUT2D eigenvalue weighted by atomic mass is 9.95. The Kier molecular flexibility index (Phi) is 1.84. The Morgan fingerprint density at radius 1 is 1.29 bits per heavy atom. The molecule has 0 spiro atoms. The van der Waals surface area contributed by atoms with E-state index in [0.717, 1.165) is 17.2 Å². The van der Waals surface area contributed by atoms with Crippen LogP contribution in [0, 0.1) is 6.92 Å². The molecule has 0 atom stereocenters. The summed E-state index contributed by atoms with van der Waals surface area (Å²) in [4.78, 5) is 8.84. The SMILES string of the molecule is Cc1cc2nccn2c(C(C)(C)C)n1. The van der Waals surface area contributed by atoms with Gasteiger partial charge in [0.1, 0.15) is 11.5 Å². The zero-order valence-corrected chi connectivity index (χ0v) is 9.07. The van der Waals surface area contributed by atoms with Crippen LogP contribution in [0.5, 0.6) is 0 Å². The van der Waals surface area contributed by atoms with Crippen molar-refractivity contribution in [3.8, 4) is 0 Å². The minimum absolute atomic E-state index is 0.0466. The lowest BCUT2D eigenvalue weighted by molar-refractivity contribution is 0.534. The Morgan fingerprint density at radius 2 is 2.00 bits per heavy atom. The summed E-state index contributed by atoms with van der Waals surface area (Å²) in [7, 11) is 0. The van der Waals surface area contributed by atoms with E-state index >= 15 is 0 Å². The monoisotopic (exact) mass is 189 g/mol. The van der Waals surface area contributed by atoms with Crippen molar-refractivity contribution in [2.24, 2.45) is 0 Å². The number of hydrogen-bond donors (Lipinski definition) is 0. The molecule has 2 rings (SSSR count). The normalized spacial score (nSPS) is 12.3. The molecule has 0 aliphatic carbocycles. The third-order valence-corrected chi connectivity index (χ3v) is 2.19. The van der Waals surface area contributed by atoms with E-state index in [2.05, 4.69) is 30.7 Å². The smallest absolute Gasteiger partial charge is 0.139 e. The molecule has 14 heavy (non-hydrogen) atoms. The number of hydrogen-bond acceptors (Lipinski definition) is 2. The van der Waals surface area contributed by atoms with Gasteiger partial charge in [-0.25, -0.2) is 9.97 Å². The van der Waals surface area contributed by atoms with Crippen LogP contribution in [-0.4, -0.2) is 14.4 Å². The lowest BCUT2D eigenvalue weighted by Crippen LogP contribution is -2.18. The number of imidazole rings is 1. The Balaban J connectivity index is 2.80. The van der Waals surface area contributed by atoms with E-state index in [9.17, 15) is 0 Å². The molecule has 74 valence electrons. The minimum atomic E-state index is 0.0466. The molecule has 0 aliphatic heterocycles. The zero-order valence-electron chi connectivity index (χ0n) is 9.07. The van der Waals surface area contributed by atoms with Crippen LogP contribution in [-0.2, 0) is 5.41 Å². The van der Waals surface area contributed by atoms with Crippen molar-refractivity contribution in [1.29, 1.82) is 0 Å². The Bertz CT molecular complexity index is 463. The molecule has 2 heterocycles. The van der Waals surface area contributed by atoms with Crippen LogP contribution in [0.1, 0.15) is 32.3 Å². The second-order valence-electron chi connectivity index (χ2n) is 4.63. The van der Waals surface area contributed by atoms with Crippen molar-refractivity contribution in [2.75, 3.05) is 0 Å². The van der Waals surface area contributed by atoms with E-state index in [0.29, 0.717) is 0 Å². The topological polar surface area (TPSA) is 30.2 Å². The highest BCUT2D eigenvalue weighted by Crippen LogP contribution is 2.21. The molecule has 0 saturated heterocycles. The molecule has 3 heteroatoms. The van der Waals surface area contributed by atoms with Crippen molar-refractivity contribution in [2.45, 2.75) is 33.1 Å². The maximum Gasteiger partial charge on any atom is 0.139 e. The molecule has 2 aromatic heterocycles. The van der Waals surface area contributed by atoms with Crippen molar-refractivity contribution < 1.29 is 0 Å². The average Bonchev–Trinajstić information content (AvgIpc) is 2.47.